The van der Waals surface area contributed by atoms with Gasteiger partial charge in [0.15, 0.2) is 4.77 Å². The number of hydrogen-bond donors (Lipinski definition) is 1. The van der Waals surface area contributed by atoms with Crippen LogP contribution in [0.25, 0.3) is 11.0 Å². The van der Waals surface area contributed by atoms with Crippen molar-refractivity contribution in [2.24, 2.45) is 0 Å². The molecular weight excluding hydrogens is 260 g/mol. The lowest BCUT2D eigenvalue weighted by atomic mass is 10.2. The second kappa shape index (κ2) is 4.74. The minimum absolute atomic E-state index is 0.575. The molecule has 0 spiro atoms. The van der Waals surface area contributed by atoms with Gasteiger partial charge in [-0.2, -0.15) is 11.8 Å². The first-order chi connectivity index (χ1) is 8.69. The predicted molar refractivity (Wildman–Crippen MR) is 82.1 cm³/mol. The van der Waals surface area contributed by atoms with Gasteiger partial charge in [-0.15, -0.1) is 0 Å². The Morgan fingerprint density at radius 2 is 2.22 bits per heavy atom. The van der Waals surface area contributed by atoms with Crippen molar-refractivity contribution in [3.05, 3.63) is 28.5 Å². The van der Waals surface area contributed by atoms with E-state index < -0.39 is 0 Å². The molecule has 96 valence electrons. The molecule has 0 radical (unpaired) electrons. The maximum atomic E-state index is 5.51. The molecule has 2 aromatic rings. The van der Waals surface area contributed by atoms with Crippen LogP contribution in [0.3, 0.4) is 0 Å². The first kappa shape index (κ1) is 12.3. The number of aromatic nitrogens is 2. The third kappa shape index (κ3) is 2.01. The molecule has 1 aliphatic rings. The SMILES string of the molecule is CSC1CCC(n2c(=S)[nH]c3cc(C)ccc32)C1. The molecule has 0 aliphatic heterocycles. The quantitative estimate of drug-likeness (QED) is 0.818. The van der Waals surface area contributed by atoms with Crippen molar-refractivity contribution in [3.63, 3.8) is 0 Å². The van der Waals surface area contributed by atoms with E-state index in [1.807, 2.05) is 11.8 Å². The van der Waals surface area contributed by atoms with Crippen LogP contribution in [0.5, 0.6) is 0 Å². The summed E-state index contributed by atoms with van der Waals surface area (Å²) >= 11 is 7.50. The van der Waals surface area contributed by atoms with Gasteiger partial charge >= 0.3 is 0 Å². The van der Waals surface area contributed by atoms with Gasteiger partial charge in [0.05, 0.1) is 11.0 Å². The summed E-state index contributed by atoms with van der Waals surface area (Å²) in [5.41, 5.74) is 3.71. The highest BCUT2D eigenvalue weighted by Crippen LogP contribution is 2.37. The maximum Gasteiger partial charge on any atom is 0.178 e. The van der Waals surface area contributed by atoms with Gasteiger partial charge in [0.1, 0.15) is 0 Å². The minimum Gasteiger partial charge on any atom is -0.331 e. The molecule has 2 atom stereocenters. The molecule has 1 fully saturated rings. The van der Waals surface area contributed by atoms with Gasteiger partial charge in [-0.3, -0.25) is 0 Å². The normalized spacial score (nSPS) is 23.9. The number of nitrogens with zero attached hydrogens (tertiary/aromatic N) is 1. The highest BCUT2D eigenvalue weighted by molar-refractivity contribution is 7.99. The lowest BCUT2D eigenvalue weighted by Gasteiger charge is -2.13. The van der Waals surface area contributed by atoms with Crippen LogP contribution in [0.4, 0.5) is 0 Å². The summed E-state index contributed by atoms with van der Waals surface area (Å²) < 4.78 is 3.21. The summed E-state index contributed by atoms with van der Waals surface area (Å²) in [5, 5.41) is 0.798. The van der Waals surface area contributed by atoms with Crippen molar-refractivity contribution in [2.75, 3.05) is 6.26 Å². The highest BCUT2D eigenvalue weighted by atomic mass is 32.2. The predicted octanol–water partition coefficient (Wildman–Crippen LogP) is 4.46. The van der Waals surface area contributed by atoms with Crippen molar-refractivity contribution in [1.29, 1.82) is 0 Å². The van der Waals surface area contributed by atoms with E-state index in [-0.39, 0.29) is 0 Å². The van der Waals surface area contributed by atoms with Gasteiger partial charge < -0.3 is 9.55 Å². The molecule has 1 N–H and O–H groups in total. The molecule has 1 aliphatic carbocycles. The number of benzene rings is 1. The molecule has 3 rings (SSSR count). The molecule has 0 amide bonds. The monoisotopic (exact) mass is 278 g/mol. The Bertz CT molecular complexity index is 626. The number of rotatable bonds is 2. The lowest BCUT2D eigenvalue weighted by molar-refractivity contribution is 0.527. The van der Waals surface area contributed by atoms with Crippen LogP contribution in [0.2, 0.25) is 0 Å². The summed E-state index contributed by atoms with van der Waals surface area (Å²) in [4.78, 5) is 3.35. The number of aromatic amines is 1. The van der Waals surface area contributed by atoms with E-state index >= 15 is 0 Å². The van der Waals surface area contributed by atoms with E-state index in [2.05, 4.69) is 40.9 Å². The van der Waals surface area contributed by atoms with Crippen LogP contribution in [-0.4, -0.2) is 21.1 Å². The fourth-order valence-corrected chi connectivity index (χ4v) is 4.12. The van der Waals surface area contributed by atoms with Crippen molar-refractivity contribution < 1.29 is 0 Å². The highest BCUT2D eigenvalue weighted by Gasteiger charge is 2.26. The fraction of sp³-hybridized carbons (Fsp3) is 0.500. The van der Waals surface area contributed by atoms with Gasteiger partial charge in [0.25, 0.3) is 0 Å². The molecule has 2 nitrogen and oxygen atoms in total. The first-order valence-corrected chi connectivity index (χ1v) is 8.12. The largest absolute Gasteiger partial charge is 0.331 e. The minimum atomic E-state index is 0.575. The summed E-state index contributed by atoms with van der Waals surface area (Å²) in [6, 6.07) is 7.13. The van der Waals surface area contributed by atoms with Crippen LogP contribution in [0, 0.1) is 11.7 Å². The molecule has 1 aromatic heterocycles. The summed E-state index contributed by atoms with van der Waals surface area (Å²) in [7, 11) is 0. The zero-order valence-corrected chi connectivity index (χ0v) is 12.4. The van der Waals surface area contributed by atoms with Crippen LogP contribution in [0.1, 0.15) is 30.9 Å². The van der Waals surface area contributed by atoms with Gasteiger partial charge in [-0.1, -0.05) is 6.07 Å². The topological polar surface area (TPSA) is 20.7 Å². The Morgan fingerprint density at radius 1 is 1.39 bits per heavy atom. The smallest absolute Gasteiger partial charge is 0.178 e. The second-order valence-corrected chi connectivity index (χ2v) is 6.67. The number of aryl methyl sites for hydroxylation is 1. The van der Waals surface area contributed by atoms with E-state index in [0.717, 1.165) is 10.0 Å². The Balaban J connectivity index is 2.07. The van der Waals surface area contributed by atoms with Crippen molar-refractivity contribution in [3.8, 4) is 0 Å². The molecule has 1 aromatic carbocycles. The number of H-pyrrole nitrogens is 1. The van der Waals surface area contributed by atoms with E-state index in [9.17, 15) is 0 Å². The second-order valence-electron chi connectivity index (χ2n) is 5.15. The average Bonchev–Trinajstić information content (AvgIpc) is 2.91. The number of fused-ring (bicyclic) bond motifs is 1. The van der Waals surface area contributed by atoms with E-state index in [0.29, 0.717) is 6.04 Å². The zero-order chi connectivity index (χ0) is 12.7. The fourth-order valence-electron chi connectivity index (χ4n) is 2.97. The van der Waals surface area contributed by atoms with Crippen LogP contribution < -0.4 is 0 Å². The average molecular weight is 278 g/mol. The van der Waals surface area contributed by atoms with Crippen LogP contribution in [0.15, 0.2) is 18.2 Å². The van der Waals surface area contributed by atoms with Crippen molar-refractivity contribution in [2.45, 2.75) is 37.5 Å². The number of imidazole rings is 1. The van der Waals surface area contributed by atoms with Gasteiger partial charge in [0.2, 0.25) is 0 Å². The number of nitrogens with one attached hydrogen (secondary N) is 1. The summed E-state index contributed by atoms with van der Waals surface area (Å²) in [6.45, 7) is 2.12. The molecule has 1 heterocycles. The van der Waals surface area contributed by atoms with Crippen LogP contribution in [-0.2, 0) is 0 Å². The van der Waals surface area contributed by atoms with Crippen molar-refractivity contribution >= 4 is 35.0 Å². The van der Waals surface area contributed by atoms with Crippen molar-refractivity contribution in [1.82, 2.24) is 9.55 Å². The summed E-state index contributed by atoms with van der Waals surface area (Å²) in [5.74, 6) is 0. The van der Waals surface area contributed by atoms with Gasteiger partial charge in [-0.25, -0.2) is 0 Å². The molecule has 0 saturated heterocycles. The molecule has 1 saturated carbocycles. The zero-order valence-electron chi connectivity index (χ0n) is 10.8. The molecule has 2 unspecified atom stereocenters. The van der Waals surface area contributed by atoms with E-state index in [1.165, 1.54) is 35.9 Å². The molecule has 0 bridgehead atoms. The van der Waals surface area contributed by atoms with Gasteiger partial charge in [0, 0.05) is 11.3 Å². The number of thioether (sulfide) groups is 1. The standard InChI is InChI=1S/C14H18N2S2/c1-9-3-6-13-12(7-9)15-14(17)16(13)10-4-5-11(8-10)18-2/h3,6-7,10-11H,4-5,8H2,1-2H3,(H,15,17). The molecular formula is C14H18N2S2. The summed E-state index contributed by atoms with van der Waals surface area (Å²) in [6.07, 6.45) is 6.02. The van der Waals surface area contributed by atoms with E-state index in [4.69, 9.17) is 12.2 Å². The van der Waals surface area contributed by atoms with E-state index in [1.54, 1.807) is 0 Å². The maximum absolute atomic E-state index is 5.51. The lowest BCUT2D eigenvalue weighted by Crippen LogP contribution is -2.06. The third-order valence-corrected chi connectivity index (χ3v) is 5.32. The number of hydrogen-bond acceptors (Lipinski definition) is 2. The third-order valence-electron chi connectivity index (χ3n) is 3.93. The Labute approximate surface area is 117 Å². The Morgan fingerprint density at radius 3 is 2.94 bits per heavy atom. The van der Waals surface area contributed by atoms with Crippen LogP contribution >= 0.6 is 24.0 Å². The first-order valence-electron chi connectivity index (χ1n) is 6.42. The Kier molecular flexibility index (Phi) is 3.24. The molecule has 4 heteroatoms. The van der Waals surface area contributed by atoms with Gasteiger partial charge in [-0.05, 0) is 62.4 Å². The Hall–Kier alpha value is -0.740. The molecule has 18 heavy (non-hydrogen) atoms.